The van der Waals surface area contributed by atoms with Gasteiger partial charge in [0.05, 0.1) is 17.8 Å². The summed E-state index contributed by atoms with van der Waals surface area (Å²) in [6, 6.07) is 5.80. The van der Waals surface area contributed by atoms with Crippen LogP contribution in [0.15, 0.2) is 56.9 Å². The number of halogens is 6. The Morgan fingerprint density at radius 1 is 1.18 bits per heavy atom. The molecule has 1 aliphatic carbocycles. The van der Waals surface area contributed by atoms with E-state index < -0.39 is 23.6 Å². The van der Waals surface area contributed by atoms with E-state index >= 15 is 0 Å². The van der Waals surface area contributed by atoms with Crippen LogP contribution in [0.3, 0.4) is 0 Å². The molecule has 1 aromatic rings. The normalized spacial score (nSPS) is 23.8. The van der Waals surface area contributed by atoms with Gasteiger partial charge in [-0.15, -0.1) is 5.10 Å². The largest absolute Gasteiger partial charge is 0.416 e. The minimum atomic E-state index is -4.36. The summed E-state index contributed by atoms with van der Waals surface area (Å²) in [4.78, 5) is 3.91. The molecular formula is C23H24BrF5N4. The summed E-state index contributed by atoms with van der Waals surface area (Å²) >= 11 is 3.60. The fraction of sp³-hybridized carbons (Fsp3) is 0.478. The maximum Gasteiger partial charge on any atom is 0.416 e. The Labute approximate surface area is 197 Å². The number of rotatable bonds is 5. The van der Waals surface area contributed by atoms with Crippen molar-refractivity contribution in [1.29, 1.82) is 0 Å². The number of alkyl halides is 5. The van der Waals surface area contributed by atoms with Crippen molar-refractivity contribution in [3.8, 4) is 0 Å². The molecule has 4 nitrogen and oxygen atoms in total. The van der Waals surface area contributed by atoms with Gasteiger partial charge >= 0.3 is 6.18 Å². The lowest BCUT2D eigenvalue weighted by Crippen LogP contribution is -2.36. The first-order valence-corrected chi connectivity index (χ1v) is 11.5. The Bertz CT molecular complexity index is 993. The molecule has 10 heteroatoms. The summed E-state index contributed by atoms with van der Waals surface area (Å²) in [7, 11) is 0. The highest BCUT2D eigenvalue weighted by Crippen LogP contribution is 2.51. The Kier molecular flexibility index (Phi) is 6.66. The van der Waals surface area contributed by atoms with Gasteiger partial charge in [0.2, 0.25) is 0 Å². The molecule has 1 atom stereocenters. The molecule has 0 amide bonds. The SMILES string of the molecule is C=N/N=C(/CC1CC1(F)F)N1C=CC(N2CCC(c3ccccc3C(F)(F)F)CC2)=C(Br)C1. The van der Waals surface area contributed by atoms with E-state index in [2.05, 4.69) is 37.8 Å². The van der Waals surface area contributed by atoms with E-state index in [1.807, 2.05) is 6.08 Å². The number of benzene rings is 1. The first kappa shape index (κ1) is 23.9. The van der Waals surface area contributed by atoms with Gasteiger partial charge in [-0.3, -0.25) is 0 Å². The predicted octanol–water partition coefficient (Wildman–Crippen LogP) is 6.38. The third-order valence-electron chi connectivity index (χ3n) is 6.44. The molecule has 2 aliphatic heterocycles. The van der Waals surface area contributed by atoms with Crippen molar-refractivity contribution in [2.24, 2.45) is 16.1 Å². The highest BCUT2D eigenvalue weighted by atomic mass is 79.9. The highest BCUT2D eigenvalue weighted by molar-refractivity contribution is 9.11. The van der Waals surface area contributed by atoms with Crippen LogP contribution in [0.4, 0.5) is 22.0 Å². The number of nitrogens with zero attached hydrogens (tertiary/aromatic N) is 4. The molecular weight excluding hydrogens is 507 g/mol. The molecule has 4 rings (SSSR count). The van der Waals surface area contributed by atoms with Gasteiger partial charge in [0, 0.05) is 49.2 Å². The number of likely N-dealkylation sites (tertiary alicyclic amines) is 1. The summed E-state index contributed by atoms with van der Waals surface area (Å²) in [5.41, 5.74) is 0.745. The molecule has 0 aromatic heterocycles. The number of piperidine rings is 1. The molecule has 1 saturated heterocycles. The molecule has 1 saturated carbocycles. The van der Waals surface area contributed by atoms with Crippen molar-refractivity contribution in [3.05, 3.63) is 57.8 Å². The second kappa shape index (κ2) is 9.19. The molecule has 178 valence electrons. The number of hydrogen-bond acceptors (Lipinski definition) is 3. The maximum absolute atomic E-state index is 13.4. The minimum Gasteiger partial charge on any atom is -0.371 e. The molecule has 2 fully saturated rings. The highest BCUT2D eigenvalue weighted by Gasteiger charge is 2.57. The molecule has 1 aromatic carbocycles. The Hall–Kier alpha value is -2.23. The number of amidine groups is 1. The van der Waals surface area contributed by atoms with Crippen molar-refractivity contribution in [2.75, 3.05) is 19.6 Å². The second-order valence-electron chi connectivity index (χ2n) is 8.60. The van der Waals surface area contributed by atoms with Crippen molar-refractivity contribution in [3.63, 3.8) is 0 Å². The number of allylic oxidation sites excluding steroid dienone is 1. The van der Waals surface area contributed by atoms with E-state index in [0.29, 0.717) is 43.9 Å². The zero-order valence-electron chi connectivity index (χ0n) is 17.8. The van der Waals surface area contributed by atoms with Crippen LogP contribution < -0.4 is 0 Å². The van der Waals surface area contributed by atoms with Crippen LogP contribution in [0.5, 0.6) is 0 Å². The third-order valence-corrected chi connectivity index (χ3v) is 7.10. The summed E-state index contributed by atoms with van der Waals surface area (Å²) < 4.78 is 67.8. The van der Waals surface area contributed by atoms with Crippen LogP contribution in [-0.2, 0) is 6.18 Å². The average molecular weight is 531 g/mol. The van der Waals surface area contributed by atoms with Crippen LogP contribution in [0, 0.1) is 5.92 Å². The minimum absolute atomic E-state index is 0.121. The van der Waals surface area contributed by atoms with Crippen LogP contribution >= 0.6 is 15.9 Å². The molecule has 1 unspecified atom stereocenters. The van der Waals surface area contributed by atoms with Crippen molar-refractivity contribution in [2.45, 2.75) is 43.7 Å². The smallest absolute Gasteiger partial charge is 0.371 e. The molecule has 0 radical (unpaired) electrons. The van der Waals surface area contributed by atoms with Crippen molar-refractivity contribution in [1.82, 2.24) is 9.80 Å². The van der Waals surface area contributed by atoms with E-state index in [1.54, 1.807) is 23.2 Å². The zero-order chi connectivity index (χ0) is 23.8. The summed E-state index contributed by atoms with van der Waals surface area (Å²) in [6.45, 7) is 4.99. The molecule has 33 heavy (non-hydrogen) atoms. The van der Waals surface area contributed by atoms with E-state index in [-0.39, 0.29) is 18.8 Å². The van der Waals surface area contributed by atoms with Crippen molar-refractivity contribution >= 4 is 28.5 Å². The molecule has 3 aliphatic rings. The topological polar surface area (TPSA) is 31.2 Å². The molecule has 0 bridgehead atoms. The zero-order valence-corrected chi connectivity index (χ0v) is 19.4. The van der Waals surface area contributed by atoms with Crippen LogP contribution in [0.25, 0.3) is 0 Å². The van der Waals surface area contributed by atoms with Crippen molar-refractivity contribution < 1.29 is 22.0 Å². The first-order chi connectivity index (χ1) is 15.6. The van der Waals surface area contributed by atoms with E-state index in [4.69, 9.17) is 0 Å². The van der Waals surface area contributed by atoms with E-state index in [0.717, 1.165) is 16.2 Å². The number of hydrogen-bond donors (Lipinski definition) is 0. The average Bonchev–Trinajstić information content (AvgIpc) is 3.38. The second-order valence-corrected chi connectivity index (χ2v) is 9.56. The van der Waals surface area contributed by atoms with Gasteiger partial charge in [-0.25, -0.2) is 8.78 Å². The van der Waals surface area contributed by atoms with Gasteiger partial charge in [-0.05, 0) is 36.5 Å². The Morgan fingerprint density at radius 3 is 2.42 bits per heavy atom. The van der Waals surface area contributed by atoms with Gasteiger partial charge in [0.25, 0.3) is 5.92 Å². The fourth-order valence-electron chi connectivity index (χ4n) is 4.54. The molecule has 2 heterocycles. The molecule has 0 N–H and O–H groups in total. The van der Waals surface area contributed by atoms with Gasteiger partial charge in [-0.2, -0.15) is 18.3 Å². The van der Waals surface area contributed by atoms with Gasteiger partial charge < -0.3 is 9.80 Å². The third kappa shape index (κ3) is 5.31. The predicted molar refractivity (Wildman–Crippen MR) is 121 cm³/mol. The van der Waals surface area contributed by atoms with Gasteiger partial charge in [-0.1, -0.05) is 34.1 Å². The standard InChI is InChI=1S/C23H24BrF5N4/c1-30-31-21(12-16-13-22(16,25)26)33-11-8-20(19(24)14-33)32-9-6-15(7-10-32)17-4-2-3-5-18(17)23(27,28)29/h2-5,8,11,15-16H,1,6-7,9-10,12-14H2/b31-21-. The molecule has 0 spiro atoms. The van der Waals surface area contributed by atoms with E-state index in [9.17, 15) is 22.0 Å². The lowest BCUT2D eigenvalue weighted by molar-refractivity contribution is -0.138. The first-order valence-electron chi connectivity index (χ1n) is 10.7. The lowest BCUT2D eigenvalue weighted by Gasteiger charge is -2.37. The van der Waals surface area contributed by atoms with Crippen LogP contribution in [0.2, 0.25) is 0 Å². The van der Waals surface area contributed by atoms with Gasteiger partial charge in [0.1, 0.15) is 5.84 Å². The Balaban J connectivity index is 1.40. The maximum atomic E-state index is 13.4. The quantitative estimate of drug-likeness (QED) is 0.191. The summed E-state index contributed by atoms with van der Waals surface area (Å²) in [5.74, 6) is -3.09. The summed E-state index contributed by atoms with van der Waals surface area (Å²) in [6.07, 6.45) is 0.498. The summed E-state index contributed by atoms with van der Waals surface area (Å²) in [5, 5.41) is 7.49. The van der Waals surface area contributed by atoms with Crippen LogP contribution in [0.1, 0.15) is 42.7 Å². The van der Waals surface area contributed by atoms with Gasteiger partial charge in [0.15, 0.2) is 0 Å². The lowest BCUT2D eigenvalue weighted by atomic mass is 9.86. The van der Waals surface area contributed by atoms with Crippen LogP contribution in [-0.4, -0.2) is 47.9 Å². The monoisotopic (exact) mass is 530 g/mol. The van der Waals surface area contributed by atoms with E-state index in [1.165, 1.54) is 6.07 Å². The fourth-order valence-corrected chi connectivity index (χ4v) is 5.19. The Morgan fingerprint density at radius 2 is 1.85 bits per heavy atom.